The van der Waals surface area contributed by atoms with Crippen LogP contribution in [0.1, 0.15) is 47.0 Å². The molecule has 0 fully saturated rings. The molecule has 2 N–H and O–H groups in total. The summed E-state index contributed by atoms with van der Waals surface area (Å²) < 4.78 is 0. The van der Waals surface area contributed by atoms with E-state index in [2.05, 4.69) is 5.32 Å². The molecule has 4 heteroatoms. The van der Waals surface area contributed by atoms with Crippen molar-refractivity contribution in [1.82, 2.24) is 5.32 Å². The fourth-order valence-electron chi connectivity index (χ4n) is 1.06. The fraction of sp³-hybridized carbons (Fsp3) is 0.818. The van der Waals surface area contributed by atoms with E-state index < -0.39 is 17.4 Å². The Balaban J connectivity index is 4.41. The summed E-state index contributed by atoms with van der Waals surface area (Å²) in [5.41, 5.74) is -0.499. The Labute approximate surface area is 91.1 Å². The van der Waals surface area contributed by atoms with Crippen LogP contribution < -0.4 is 5.32 Å². The van der Waals surface area contributed by atoms with Gasteiger partial charge < -0.3 is 10.4 Å². The quantitative estimate of drug-likeness (QED) is 0.710. The summed E-state index contributed by atoms with van der Waals surface area (Å²) in [6, 6.07) is -0.756. The van der Waals surface area contributed by atoms with Gasteiger partial charge >= 0.3 is 5.97 Å². The number of amides is 1. The monoisotopic (exact) mass is 215 g/mol. The Morgan fingerprint density at radius 1 is 1.33 bits per heavy atom. The highest BCUT2D eigenvalue weighted by Crippen LogP contribution is 2.19. The van der Waals surface area contributed by atoms with Crippen molar-refractivity contribution in [3.8, 4) is 0 Å². The standard InChI is InChI=1S/C11H21NO3/c1-5-7-8(9(13)14)12-10(15)11(3,4)6-2/h8H,5-7H2,1-4H3,(H,12,15)(H,13,14). The number of carbonyl (C=O) groups is 2. The number of carboxylic acid groups (broad SMARTS) is 1. The maximum Gasteiger partial charge on any atom is 0.326 e. The van der Waals surface area contributed by atoms with E-state index in [0.717, 1.165) is 6.42 Å². The summed E-state index contributed by atoms with van der Waals surface area (Å²) in [6.07, 6.45) is 1.90. The zero-order chi connectivity index (χ0) is 12.1. The molecule has 0 saturated carbocycles. The summed E-state index contributed by atoms with van der Waals surface area (Å²) in [7, 11) is 0. The molecule has 0 aliphatic heterocycles. The Hall–Kier alpha value is -1.06. The molecule has 0 aromatic carbocycles. The predicted molar refractivity (Wildman–Crippen MR) is 58.5 cm³/mol. The van der Waals surface area contributed by atoms with Gasteiger partial charge in [-0.15, -0.1) is 0 Å². The predicted octanol–water partition coefficient (Wildman–Crippen LogP) is 1.79. The third-order valence-electron chi connectivity index (χ3n) is 2.68. The molecular weight excluding hydrogens is 194 g/mol. The molecule has 0 heterocycles. The van der Waals surface area contributed by atoms with Crippen LogP contribution in [0.15, 0.2) is 0 Å². The molecule has 0 saturated heterocycles. The van der Waals surface area contributed by atoms with Crippen molar-refractivity contribution in [3.63, 3.8) is 0 Å². The topological polar surface area (TPSA) is 66.4 Å². The lowest BCUT2D eigenvalue weighted by Gasteiger charge is -2.24. The van der Waals surface area contributed by atoms with E-state index in [1.165, 1.54) is 0 Å². The summed E-state index contributed by atoms with van der Waals surface area (Å²) in [4.78, 5) is 22.5. The first-order valence-corrected chi connectivity index (χ1v) is 5.39. The van der Waals surface area contributed by atoms with Gasteiger partial charge in [-0.2, -0.15) is 0 Å². The molecule has 1 atom stereocenters. The second-order valence-electron chi connectivity index (χ2n) is 4.39. The van der Waals surface area contributed by atoms with Gasteiger partial charge in [-0.1, -0.05) is 34.1 Å². The van der Waals surface area contributed by atoms with E-state index >= 15 is 0 Å². The van der Waals surface area contributed by atoms with Gasteiger partial charge in [0.2, 0.25) is 5.91 Å². The lowest BCUT2D eigenvalue weighted by molar-refractivity contribution is -0.143. The summed E-state index contributed by atoms with van der Waals surface area (Å²) in [5, 5.41) is 11.4. The van der Waals surface area contributed by atoms with Crippen LogP contribution >= 0.6 is 0 Å². The van der Waals surface area contributed by atoms with Gasteiger partial charge in [-0.25, -0.2) is 4.79 Å². The van der Waals surface area contributed by atoms with Gasteiger partial charge in [0.1, 0.15) is 6.04 Å². The highest BCUT2D eigenvalue weighted by Gasteiger charge is 2.29. The molecule has 0 radical (unpaired) electrons. The number of carboxylic acids is 1. The Morgan fingerprint density at radius 3 is 2.20 bits per heavy atom. The van der Waals surface area contributed by atoms with E-state index in [1.807, 2.05) is 27.7 Å². The second-order valence-corrected chi connectivity index (χ2v) is 4.39. The van der Waals surface area contributed by atoms with Crippen LogP contribution in [-0.2, 0) is 9.59 Å². The third kappa shape index (κ3) is 4.32. The number of rotatable bonds is 6. The maximum atomic E-state index is 11.7. The average molecular weight is 215 g/mol. The van der Waals surface area contributed by atoms with Gasteiger partial charge in [0, 0.05) is 5.41 Å². The van der Waals surface area contributed by atoms with Gasteiger partial charge in [0.05, 0.1) is 0 Å². The van der Waals surface area contributed by atoms with Crippen LogP contribution in [-0.4, -0.2) is 23.0 Å². The molecule has 0 bridgehead atoms. The largest absolute Gasteiger partial charge is 0.480 e. The number of carbonyl (C=O) groups excluding carboxylic acids is 1. The first-order valence-electron chi connectivity index (χ1n) is 5.39. The zero-order valence-corrected chi connectivity index (χ0v) is 9.96. The highest BCUT2D eigenvalue weighted by molar-refractivity contribution is 5.86. The lowest BCUT2D eigenvalue weighted by atomic mass is 9.89. The van der Waals surface area contributed by atoms with E-state index in [1.54, 1.807) is 0 Å². The molecule has 0 spiro atoms. The molecule has 0 aromatic rings. The minimum atomic E-state index is -0.961. The van der Waals surface area contributed by atoms with Crippen LogP contribution in [0.5, 0.6) is 0 Å². The molecular formula is C11H21NO3. The zero-order valence-electron chi connectivity index (χ0n) is 9.96. The molecule has 4 nitrogen and oxygen atoms in total. The van der Waals surface area contributed by atoms with Crippen molar-refractivity contribution in [2.45, 2.75) is 53.0 Å². The molecule has 0 rings (SSSR count). The Morgan fingerprint density at radius 2 is 1.87 bits per heavy atom. The van der Waals surface area contributed by atoms with Crippen LogP contribution in [0.3, 0.4) is 0 Å². The Bertz CT molecular complexity index is 236. The van der Waals surface area contributed by atoms with Gasteiger partial charge in [0.15, 0.2) is 0 Å². The van der Waals surface area contributed by atoms with Crippen molar-refractivity contribution < 1.29 is 14.7 Å². The van der Waals surface area contributed by atoms with Crippen LogP contribution in [0.25, 0.3) is 0 Å². The molecule has 0 aliphatic rings. The smallest absolute Gasteiger partial charge is 0.326 e. The highest BCUT2D eigenvalue weighted by atomic mass is 16.4. The summed E-state index contributed by atoms with van der Waals surface area (Å²) >= 11 is 0. The fourth-order valence-corrected chi connectivity index (χ4v) is 1.06. The number of nitrogens with one attached hydrogen (secondary N) is 1. The normalized spacial score (nSPS) is 13.3. The van der Waals surface area contributed by atoms with Gasteiger partial charge in [-0.3, -0.25) is 4.79 Å². The molecule has 15 heavy (non-hydrogen) atoms. The molecule has 0 aromatic heterocycles. The van der Waals surface area contributed by atoms with Crippen LogP contribution in [0.4, 0.5) is 0 Å². The van der Waals surface area contributed by atoms with E-state index in [0.29, 0.717) is 12.8 Å². The van der Waals surface area contributed by atoms with E-state index in [9.17, 15) is 9.59 Å². The number of hydrogen-bond donors (Lipinski definition) is 2. The minimum absolute atomic E-state index is 0.189. The number of hydrogen-bond acceptors (Lipinski definition) is 2. The van der Waals surface area contributed by atoms with E-state index in [4.69, 9.17) is 5.11 Å². The molecule has 1 amide bonds. The first kappa shape index (κ1) is 13.9. The SMILES string of the molecule is CCCC(NC(=O)C(C)(C)CC)C(=O)O. The van der Waals surface area contributed by atoms with Gasteiger partial charge in [0.25, 0.3) is 0 Å². The van der Waals surface area contributed by atoms with Crippen LogP contribution in [0.2, 0.25) is 0 Å². The summed E-state index contributed by atoms with van der Waals surface area (Å²) in [6.45, 7) is 7.43. The first-order chi connectivity index (χ1) is 6.85. The lowest BCUT2D eigenvalue weighted by Crippen LogP contribution is -2.46. The minimum Gasteiger partial charge on any atom is -0.480 e. The number of aliphatic carboxylic acids is 1. The molecule has 88 valence electrons. The second kappa shape index (κ2) is 5.73. The van der Waals surface area contributed by atoms with Crippen molar-refractivity contribution in [3.05, 3.63) is 0 Å². The molecule has 0 aliphatic carbocycles. The van der Waals surface area contributed by atoms with Gasteiger partial charge in [-0.05, 0) is 12.8 Å². The Kier molecular flexibility index (Phi) is 5.33. The maximum absolute atomic E-state index is 11.7. The van der Waals surface area contributed by atoms with Crippen molar-refractivity contribution in [2.24, 2.45) is 5.41 Å². The van der Waals surface area contributed by atoms with Crippen molar-refractivity contribution in [2.75, 3.05) is 0 Å². The summed E-state index contributed by atoms with van der Waals surface area (Å²) in [5.74, 6) is -1.15. The molecule has 1 unspecified atom stereocenters. The third-order valence-corrected chi connectivity index (χ3v) is 2.68. The van der Waals surface area contributed by atoms with Crippen LogP contribution in [0, 0.1) is 5.41 Å². The average Bonchev–Trinajstić information content (AvgIpc) is 2.16. The van der Waals surface area contributed by atoms with Crippen molar-refractivity contribution >= 4 is 11.9 Å². The van der Waals surface area contributed by atoms with E-state index in [-0.39, 0.29) is 5.91 Å². The van der Waals surface area contributed by atoms with Crippen molar-refractivity contribution in [1.29, 1.82) is 0 Å².